The van der Waals surface area contributed by atoms with E-state index in [-0.39, 0.29) is 12.5 Å². The Hall–Kier alpha value is -2.61. The molecule has 0 aromatic heterocycles. The van der Waals surface area contributed by atoms with Crippen molar-refractivity contribution in [3.63, 3.8) is 0 Å². The van der Waals surface area contributed by atoms with Gasteiger partial charge in [-0.3, -0.25) is 9.80 Å². The smallest absolute Gasteiger partial charge is 0.408 e. The van der Waals surface area contributed by atoms with Crippen LogP contribution in [0.25, 0.3) is 0 Å². The second kappa shape index (κ2) is 8.63. The lowest BCUT2D eigenvalue weighted by atomic mass is 9.84. The molecular weight excluding hydrogens is 386 g/mol. The van der Waals surface area contributed by atoms with Gasteiger partial charge in [0.25, 0.3) is 5.91 Å². The normalized spacial score (nSPS) is 24.3. The molecule has 30 heavy (non-hydrogen) atoms. The van der Waals surface area contributed by atoms with Crippen molar-refractivity contribution < 1.29 is 23.9 Å². The second-order valence-corrected chi connectivity index (χ2v) is 8.78. The van der Waals surface area contributed by atoms with E-state index in [1.165, 1.54) is 5.01 Å². The Labute approximate surface area is 177 Å². The molecular formula is C22H31N3O5. The number of carbonyl (C=O) groups excluding carboxylic acids is 3. The molecule has 0 bridgehead atoms. The number of amides is 2. The summed E-state index contributed by atoms with van der Waals surface area (Å²) < 4.78 is 10.6. The first-order valence-electron chi connectivity index (χ1n) is 10.5. The zero-order chi connectivity index (χ0) is 21.9. The van der Waals surface area contributed by atoms with Gasteiger partial charge < -0.3 is 14.8 Å². The molecule has 0 aliphatic carbocycles. The molecule has 8 heteroatoms. The van der Waals surface area contributed by atoms with Gasteiger partial charge in [-0.05, 0) is 46.1 Å². The second-order valence-electron chi connectivity index (χ2n) is 8.78. The average molecular weight is 418 g/mol. The Morgan fingerprint density at radius 3 is 2.53 bits per heavy atom. The van der Waals surface area contributed by atoms with Crippen LogP contribution in [0.15, 0.2) is 30.3 Å². The molecule has 2 atom stereocenters. The summed E-state index contributed by atoms with van der Waals surface area (Å²) >= 11 is 0. The molecule has 8 nitrogen and oxygen atoms in total. The van der Waals surface area contributed by atoms with E-state index in [4.69, 9.17) is 9.47 Å². The minimum atomic E-state index is -1.20. The number of nitrogens with zero attached hydrogens (tertiary/aromatic N) is 2. The van der Waals surface area contributed by atoms with Crippen molar-refractivity contribution in [1.29, 1.82) is 0 Å². The van der Waals surface area contributed by atoms with E-state index in [1.54, 1.807) is 27.7 Å². The maximum Gasteiger partial charge on any atom is 0.408 e. The third-order valence-corrected chi connectivity index (χ3v) is 5.32. The van der Waals surface area contributed by atoms with E-state index in [0.717, 1.165) is 5.56 Å². The zero-order valence-electron chi connectivity index (χ0n) is 18.1. The summed E-state index contributed by atoms with van der Waals surface area (Å²) in [6, 6.07) is 8.86. The summed E-state index contributed by atoms with van der Waals surface area (Å²) in [4.78, 5) is 38.9. The molecule has 0 radical (unpaired) electrons. The largest absolute Gasteiger partial charge is 0.464 e. The minimum absolute atomic E-state index is 0.253. The van der Waals surface area contributed by atoms with E-state index in [0.29, 0.717) is 32.4 Å². The van der Waals surface area contributed by atoms with Crippen molar-refractivity contribution in [3.8, 4) is 0 Å². The maximum atomic E-state index is 13.8. The van der Waals surface area contributed by atoms with Crippen LogP contribution in [0, 0.1) is 0 Å². The highest BCUT2D eigenvalue weighted by Crippen LogP contribution is 2.33. The number of hydrazine groups is 1. The average Bonchev–Trinajstić information content (AvgIpc) is 3.09. The number of benzene rings is 1. The van der Waals surface area contributed by atoms with E-state index in [9.17, 15) is 14.4 Å². The number of hydrogen-bond acceptors (Lipinski definition) is 6. The fourth-order valence-corrected chi connectivity index (χ4v) is 4.06. The number of nitrogens with one attached hydrogen (secondary N) is 1. The van der Waals surface area contributed by atoms with Gasteiger partial charge in [0.1, 0.15) is 17.2 Å². The standard InChI is InChI=1S/C22H31N3O5/c1-5-29-18(26)17-11-13-24-14-12-22(19(27)25(17)24,15-16-9-7-6-8-10-16)23-20(28)30-21(2,3)4/h6-10,17H,5,11-15H2,1-4H3,(H,23,28)/t17?,22-/m0/s1. The Morgan fingerprint density at radius 2 is 1.90 bits per heavy atom. The van der Waals surface area contributed by atoms with Gasteiger partial charge in [-0.15, -0.1) is 0 Å². The van der Waals surface area contributed by atoms with Crippen LogP contribution in [0.1, 0.15) is 46.1 Å². The van der Waals surface area contributed by atoms with Gasteiger partial charge in [-0.2, -0.15) is 0 Å². The molecule has 3 rings (SSSR count). The predicted octanol–water partition coefficient (Wildman–Crippen LogP) is 2.28. The number of carbonyl (C=O) groups is 3. The third kappa shape index (κ3) is 4.75. The van der Waals surface area contributed by atoms with E-state index in [1.807, 2.05) is 35.3 Å². The van der Waals surface area contributed by atoms with Crippen molar-refractivity contribution >= 4 is 18.0 Å². The van der Waals surface area contributed by atoms with Crippen LogP contribution in [0.4, 0.5) is 4.79 Å². The van der Waals surface area contributed by atoms with Gasteiger partial charge in [-0.25, -0.2) is 14.6 Å². The third-order valence-electron chi connectivity index (χ3n) is 5.32. The molecule has 2 amide bonds. The van der Waals surface area contributed by atoms with Gasteiger partial charge in [0.2, 0.25) is 0 Å². The minimum Gasteiger partial charge on any atom is -0.464 e. The first kappa shape index (κ1) is 22.1. The van der Waals surface area contributed by atoms with E-state index >= 15 is 0 Å². The predicted molar refractivity (Wildman–Crippen MR) is 110 cm³/mol. The molecule has 2 saturated heterocycles. The Morgan fingerprint density at radius 1 is 1.20 bits per heavy atom. The summed E-state index contributed by atoms with van der Waals surface area (Å²) in [7, 11) is 0. The molecule has 0 spiro atoms. The highest BCUT2D eigenvalue weighted by atomic mass is 16.6. The molecule has 1 unspecified atom stereocenters. The molecule has 2 heterocycles. The summed E-state index contributed by atoms with van der Waals surface area (Å²) in [5.74, 6) is -0.722. The number of esters is 1. The van der Waals surface area contributed by atoms with Crippen molar-refractivity contribution in [3.05, 3.63) is 35.9 Å². The lowest BCUT2D eigenvalue weighted by Gasteiger charge is -2.46. The van der Waals surface area contributed by atoms with Crippen molar-refractivity contribution in [2.75, 3.05) is 19.7 Å². The van der Waals surface area contributed by atoms with Crippen molar-refractivity contribution in [2.45, 2.75) is 64.1 Å². The quantitative estimate of drug-likeness (QED) is 0.740. The fraction of sp³-hybridized carbons (Fsp3) is 0.591. The molecule has 2 fully saturated rings. The fourth-order valence-electron chi connectivity index (χ4n) is 4.06. The summed E-state index contributed by atoms with van der Waals surface area (Å²) in [5, 5.41) is 6.23. The highest BCUT2D eigenvalue weighted by molar-refractivity contribution is 5.94. The van der Waals surface area contributed by atoms with Crippen LogP contribution in [0.2, 0.25) is 0 Å². The van der Waals surface area contributed by atoms with Crippen LogP contribution in [-0.2, 0) is 25.5 Å². The number of fused-ring (bicyclic) bond motifs is 1. The van der Waals surface area contributed by atoms with Gasteiger partial charge in [0.15, 0.2) is 0 Å². The van der Waals surface area contributed by atoms with Gasteiger partial charge >= 0.3 is 12.1 Å². The molecule has 2 aliphatic heterocycles. The van der Waals surface area contributed by atoms with Gasteiger partial charge in [0.05, 0.1) is 6.61 Å². The van der Waals surface area contributed by atoms with Gasteiger partial charge in [0, 0.05) is 19.5 Å². The number of alkyl carbamates (subject to hydrolysis) is 1. The molecule has 2 aliphatic rings. The van der Waals surface area contributed by atoms with Crippen molar-refractivity contribution in [2.24, 2.45) is 0 Å². The lowest BCUT2D eigenvalue weighted by molar-refractivity contribution is -0.173. The first-order chi connectivity index (χ1) is 14.1. The number of hydrogen-bond donors (Lipinski definition) is 1. The van der Waals surface area contributed by atoms with Crippen LogP contribution in [0.5, 0.6) is 0 Å². The monoisotopic (exact) mass is 417 g/mol. The van der Waals surface area contributed by atoms with Crippen molar-refractivity contribution in [1.82, 2.24) is 15.3 Å². The van der Waals surface area contributed by atoms with E-state index < -0.39 is 29.2 Å². The summed E-state index contributed by atoms with van der Waals surface area (Å²) in [6.07, 6.45) is 0.600. The first-order valence-corrected chi connectivity index (χ1v) is 10.5. The highest BCUT2D eigenvalue weighted by Gasteiger charge is 2.54. The van der Waals surface area contributed by atoms with Crippen LogP contribution >= 0.6 is 0 Å². The Bertz CT molecular complexity index is 792. The maximum absolute atomic E-state index is 13.8. The molecule has 1 aromatic carbocycles. The molecule has 164 valence electrons. The number of rotatable bonds is 5. The molecule has 0 saturated carbocycles. The van der Waals surface area contributed by atoms with Gasteiger partial charge in [-0.1, -0.05) is 30.3 Å². The number of ether oxygens (including phenoxy) is 2. The zero-order valence-corrected chi connectivity index (χ0v) is 18.1. The topological polar surface area (TPSA) is 88.2 Å². The van der Waals surface area contributed by atoms with Crippen LogP contribution in [-0.4, -0.2) is 64.9 Å². The Balaban J connectivity index is 1.91. The van der Waals surface area contributed by atoms with E-state index in [2.05, 4.69) is 5.32 Å². The Kier molecular flexibility index (Phi) is 6.36. The lowest BCUT2D eigenvalue weighted by Crippen LogP contribution is -2.69. The summed E-state index contributed by atoms with van der Waals surface area (Å²) in [5.41, 5.74) is -0.972. The SMILES string of the molecule is CCOC(=O)C1CCN2CC[C@@](Cc3ccccc3)(NC(=O)OC(C)(C)C)C(=O)N12. The van der Waals surface area contributed by atoms with Crippen LogP contribution < -0.4 is 5.32 Å². The van der Waals surface area contributed by atoms with Crippen LogP contribution in [0.3, 0.4) is 0 Å². The summed E-state index contributed by atoms with van der Waals surface area (Å²) in [6.45, 7) is 8.47. The molecule has 1 aromatic rings. The molecule has 1 N–H and O–H groups in total.